The lowest BCUT2D eigenvalue weighted by atomic mass is 10.2. The summed E-state index contributed by atoms with van der Waals surface area (Å²) >= 11 is 0. The molecule has 2 rings (SSSR count). The van der Waals surface area contributed by atoms with Gasteiger partial charge in [-0.1, -0.05) is 13.8 Å². The van der Waals surface area contributed by atoms with Crippen molar-refractivity contribution in [3.05, 3.63) is 34.3 Å². The first-order valence-electron chi connectivity index (χ1n) is 6.15. The van der Waals surface area contributed by atoms with Gasteiger partial charge < -0.3 is 9.52 Å². The monoisotopic (exact) mass is 264 g/mol. The molecule has 1 N–H and O–H groups in total. The van der Waals surface area contributed by atoms with Crippen molar-refractivity contribution >= 4 is 17.1 Å². The van der Waals surface area contributed by atoms with E-state index in [0.29, 0.717) is 17.8 Å². The van der Waals surface area contributed by atoms with Gasteiger partial charge in [-0.2, -0.15) is 0 Å². The fraction of sp³-hybridized carbons (Fsp3) is 0.385. The average molecular weight is 264 g/mol. The van der Waals surface area contributed by atoms with E-state index in [2.05, 4.69) is 4.90 Å². The summed E-state index contributed by atoms with van der Waals surface area (Å²) in [5, 5.41) is 8.91. The van der Waals surface area contributed by atoms with Crippen molar-refractivity contribution in [1.29, 1.82) is 0 Å². The number of fused-ring (bicyclic) bond motifs is 1. The van der Waals surface area contributed by atoms with Gasteiger partial charge in [0.2, 0.25) is 0 Å². The van der Waals surface area contributed by atoms with Crippen LogP contribution in [0.1, 0.15) is 24.2 Å². The molecule has 0 spiro atoms. The third-order valence-electron chi connectivity index (χ3n) is 3.15. The molecule has 0 saturated carbocycles. The first kappa shape index (κ1) is 13.4. The highest BCUT2D eigenvalue weighted by Gasteiger charge is 2.13. The third-order valence-corrected chi connectivity index (χ3v) is 3.15. The minimum absolute atomic E-state index is 0.108. The summed E-state index contributed by atoms with van der Waals surface area (Å²) in [6.07, 6.45) is 0. The topological polar surface area (TPSA) is 75.7 Å². The van der Waals surface area contributed by atoms with Gasteiger partial charge in [0.25, 0.3) is 0 Å². The van der Waals surface area contributed by atoms with Crippen LogP contribution < -0.4 is 5.76 Å². The lowest BCUT2D eigenvalue weighted by Gasteiger charge is -2.17. The maximum absolute atomic E-state index is 11.8. The summed E-state index contributed by atoms with van der Waals surface area (Å²) in [7, 11) is 0. The van der Waals surface area contributed by atoms with Crippen molar-refractivity contribution in [2.24, 2.45) is 0 Å². The van der Waals surface area contributed by atoms with Crippen LogP contribution in [-0.2, 0) is 6.67 Å². The van der Waals surface area contributed by atoms with Gasteiger partial charge in [-0.3, -0.25) is 9.47 Å². The van der Waals surface area contributed by atoms with Gasteiger partial charge in [0.1, 0.15) is 0 Å². The molecule has 0 atom stereocenters. The molecule has 2 aromatic rings. The Balaban J connectivity index is 2.48. The number of hydrogen-bond donors (Lipinski definition) is 1. The third kappa shape index (κ3) is 2.53. The van der Waals surface area contributed by atoms with Crippen LogP contribution >= 0.6 is 0 Å². The van der Waals surface area contributed by atoms with E-state index in [0.717, 1.165) is 13.1 Å². The number of hydrogen-bond acceptors (Lipinski definition) is 4. The SMILES string of the molecule is CCN(CC)Cn1c(=O)oc2cc(C(=O)O)ccc21. The molecule has 6 heteroatoms. The van der Waals surface area contributed by atoms with Crippen molar-refractivity contribution in [3.63, 3.8) is 0 Å². The van der Waals surface area contributed by atoms with Crippen LogP contribution in [0.3, 0.4) is 0 Å². The molecule has 0 amide bonds. The minimum atomic E-state index is -1.04. The van der Waals surface area contributed by atoms with E-state index in [9.17, 15) is 9.59 Å². The Morgan fingerprint density at radius 3 is 2.63 bits per heavy atom. The predicted molar refractivity (Wildman–Crippen MR) is 70.4 cm³/mol. The van der Waals surface area contributed by atoms with Crippen molar-refractivity contribution in [1.82, 2.24) is 9.47 Å². The zero-order chi connectivity index (χ0) is 14.0. The number of aromatic nitrogens is 1. The number of aromatic carboxylic acids is 1. The van der Waals surface area contributed by atoms with Crippen LogP contribution in [0.15, 0.2) is 27.4 Å². The minimum Gasteiger partial charge on any atom is -0.478 e. The largest absolute Gasteiger partial charge is 0.478 e. The van der Waals surface area contributed by atoms with Gasteiger partial charge in [-0.05, 0) is 31.3 Å². The van der Waals surface area contributed by atoms with Crippen LogP contribution in [0.2, 0.25) is 0 Å². The lowest BCUT2D eigenvalue weighted by molar-refractivity contribution is 0.0697. The van der Waals surface area contributed by atoms with E-state index in [4.69, 9.17) is 9.52 Å². The first-order chi connectivity index (χ1) is 9.06. The standard InChI is InChI=1S/C13H16N2O4/c1-3-14(4-2)8-15-10-6-5-9(12(16)17)7-11(10)19-13(15)18/h5-7H,3-4,8H2,1-2H3,(H,16,17). The zero-order valence-corrected chi connectivity index (χ0v) is 10.9. The van der Waals surface area contributed by atoms with Crippen molar-refractivity contribution in [2.45, 2.75) is 20.5 Å². The van der Waals surface area contributed by atoms with Crippen LogP contribution in [0.5, 0.6) is 0 Å². The van der Waals surface area contributed by atoms with Gasteiger partial charge in [-0.15, -0.1) is 0 Å². The summed E-state index contributed by atoms with van der Waals surface area (Å²) < 4.78 is 6.61. The zero-order valence-electron chi connectivity index (χ0n) is 10.9. The number of carboxylic acid groups (broad SMARTS) is 1. The van der Waals surface area contributed by atoms with Crippen molar-refractivity contribution in [2.75, 3.05) is 13.1 Å². The molecule has 1 aromatic carbocycles. The lowest BCUT2D eigenvalue weighted by Crippen LogP contribution is -2.30. The molecular weight excluding hydrogens is 248 g/mol. The maximum atomic E-state index is 11.8. The fourth-order valence-electron chi connectivity index (χ4n) is 1.96. The Morgan fingerprint density at radius 2 is 2.05 bits per heavy atom. The highest BCUT2D eigenvalue weighted by Crippen LogP contribution is 2.15. The predicted octanol–water partition coefficient (Wildman–Crippen LogP) is 1.59. The van der Waals surface area contributed by atoms with Crippen molar-refractivity contribution < 1.29 is 14.3 Å². The average Bonchev–Trinajstić information content (AvgIpc) is 2.70. The summed E-state index contributed by atoms with van der Waals surface area (Å²) in [4.78, 5) is 24.8. The molecule has 1 aromatic heterocycles. The fourth-order valence-corrected chi connectivity index (χ4v) is 1.96. The van der Waals surface area contributed by atoms with E-state index in [-0.39, 0.29) is 5.56 Å². The van der Waals surface area contributed by atoms with Crippen LogP contribution in [0.4, 0.5) is 0 Å². The second-order valence-corrected chi connectivity index (χ2v) is 4.23. The highest BCUT2D eigenvalue weighted by atomic mass is 16.4. The summed E-state index contributed by atoms with van der Waals surface area (Å²) in [5.41, 5.74) is 1.02. The highest BCUT2D eigenvalue weighted by molar-refractivity contribution is 5.91. The number of nitrogens with zero attached hydrogens (tertiary/aromatic N) is 2. The van der Waals surface area contributed by atoms with Crippen LogP contribution in [0.25, 0.3) is 11.1 Å². The molecule has 0 unspecified atom stereocenters. The Hall–Kier alpha value is -2.08. The molecule has 0 bridgehead atoms. The molecule has 0 fully saturated rings. The number of carboxylic acids is 1. The molecule has 0 aliphatic heterocycles. The van der Waals surface area contributed by atoms with Gasteiger partial charge in [0.15, 0.2) is 5.58 Å². The summed E-state index contributed by atoms with van der Waals surface area (Å²) in [5.74, 6) is -1.51. The smallest absolute Gasteiger partial charge is 0.421 e. The summed E-state index contributed by atoms with van der Waals surface area (Å²) in [6, 6.07) is 4.45. The van der Waals surface area contributed by atoms with Crippen molar-refractivity contribution in [3.8, 4) is 0 Å². The quantitative estimate of drug-likeness (QED) is 0.887. The molecule has 1 heterocycles. The first-order valence-corrected chi connectivity index (χ1v) is 6.15. The van der Waals surface area contributed by atoms with E-state index >= 15 is 0 Å². The number of rotatable bonds is 5. The Labute approximate surface area is 109 Å². The summed E-state index contributed by atoms with van der Waals surface area (Å²) in [6.45, 7) is 6.11. The van der Waals surface area contributed by atoms with Gasteiger partial charge in [0, 0.05) is 0 Å². The molecule has 0 radical (unpaired) electrons. The molecular formula is C13H16N2O4. The molecule has 19 heavy (non-hydrogen) atoms. The second kappa shape index (κ2) is 5.27. The Morgan fingerprint density at radius 1 is 1.37 bits per heavy atom. The van der Waals surface area contributed by atoms with E-state index in [1.165, 1.54) is 16.7 Å². The van der Waals surface area contributed by atoms with Crippen LogP contribution in [0, 0.1) is 0 Å². The Bertz CT molecular complexity index is 652. The normalized spacial score (nSPS) is 11.3. The van der Waals surface area contributed by atoms with Gasteiger partial charge in [0.05, 0.1) is 17.7 Å². The van der Waals surface area contributed by atoms with Gasteiger partial charge >= 0.3 is 11.7 Å². The molecule has 0 aliphatic rings. The number of benzene rings is 1. The van der Waals surface area contributed by atoms with E-state index < -0.39 is 11.7 Å². The molecule has 0 saturated heterocycles. The van der Waals surface area contributed by atoms with E-state index in [1.807, 2.05) is 13.8 Å². The van der Waals surface area contributed by atoms with E-state index in [1.54, 1.807) is 6.07 Å². The Kier molecular flexibility index (Phi) is 3.71. The molecule has 6 nitrogen and oxygen atoms in total. The number of oxazole rings is 1. The maximum Gasteiger partial charge on any atom is 0.421 e. The molecule has 0 aliphatic carbocycles. The van der Waals surface area contributed by atoms with Crippen LogP contribution in [-0.4, -0.2) is 33.6 Å². The molecule has 102 valence electrons. The number of carbonyl (C=O) groups is 1. The second-order valence-electron chi connectivity index (χ2n) is 4.23. The van der Waals surface area contributed by atoms with Gasteiger partial charge in [-0.25, -0.2) is 9.59 Å².